The van der Waals surface area contributed by atoms with Gasteiger partial charge in [0.1, 0.15) is 11.7 Å². The lowest BCUT2D eigenvalue weighted by atomic mass is 9.79. The summed E-state index contributed by atoms with van der Waals surface area (Å²) in [6, 6.07) is 19.3. The van der Waals surface area contributed by atoms with Gasteiger partial charge in [-0.3, -0.25) is 9.59 Å². The third kappa shape index (κ3) is 3.68. The molecule has 0 saturated carbocycles. The zero-order valence-corrected chi connectivity index (χ0v) is 16.8. The van der Waals surface area contributed by atoms with Crippen molar-refractivity contribution in [2.24, 2.45) is 0 Å². The number of carboxylic acid groups (broad SMARTS) is 1. The van der Waals surface area contributed by atoms with E-state index in [1.807, 2.05) is 24.3 Å². The van der Waals surface area contributed by atoms with Crippen molar-refractivity contribution in [3.8, 4) is 0 Å². The lowest BCUT2D eigenvalue weighted by Gasteiger charge is -2.41. The second kappa shape index (κ2) is 7.79. The van der Waals surface area contributed by atoms with Crippen LogP contribution in [-0.2, 0) is 11.3 Å². The van der Waals surface area contributed by atoms with Gasteiger partial charge >= 0.3 is 5.97 Å². The van der Waals surface area contributed by atoms with Crippen molar-refractivity contribution in [2.75, 3.05) is 0 Å². The molecule has 2 atom stereocenters. The smallest absolute Gasteiger partial charge is 0.313 e. The molecule has 0 bridgehead atoms. The first-order chi connectivity index (χ1) is 14.0. The zero-order chi connectivity index (χ0) is 20.5. The van der Waals surface area contributed by atoms with Crippen LogP contribution in [0.1, 0.15) is 39.0 Å². The number of aliphatic carboxylic acids is 1. The second-order valence-electron chi connectivity index (χ2n) is 6.96. The number of halogens is 2. The quantitative estimate of drug-likeness (QED) is 0.593. The van der Waals surface area contributed by atoms with Crippen LogP contribution < -0.4 is 0 Å². The Labute approximate surface area is 175 Å². The molecule has 3 aromatic rings. The molecule has 0 aliphatic carbocycles. The number of amides is 1. The molecule has 0 radical (unpaired) electrons. The Hall–Kier alpha value is -2.99. The molecule has 1 heterocycles. The summed E-state index contributed by atoms with van der Waals surface area (Å²) >= 11 is 3.39. The van der Waals surface area contributed by atoms with Gasteiger partial charge in [0, 0.05) is 16.6 Å². The first kappa shape index (κ1) is 19.3. The molecule has 1 aliphatic rings. The highest BCUT2D eigenvalue weighted by atomic mass is 79.9. The fraction of sp³-hybridized carbons (Fsp3) is 0.130. The molecule has 3 aromatic carbocycles. The summed E-state index contributed by atoms with van der Waals surface area (Å²) in [6.07, 6.45) is 0. The number of carboxylic acids is 1. The Bertz CT molecular complexity index is 1070. The molecule has 29 heavy (non-hydrogen) atoms. The van der Waals surface area contributed by atoms with Crippen LogP contribution in [0.25, 0.3) is 0 Å². The predicted molar refractivity (Wildman–Crippen MR) is 110 cm³/mol. The van der Waals surface area contributed by atoms with Gasteiger partial charge in [-0.2, -0.15) is 0 Å². The molecule has 1 amide bonds. The van der Waals surface area contributed by atoms with E-state index in [9.17, 15) is 19.1 Å². The van der Waals surface area contributed by atoms with Crippen LogP contribution in [0.5, 0.6) is 0 Å². The van der Waals surface area contributed by atoms with Crippen LogP contribution in [0.2, 0.25) is 0 Å². The molecule has 1 aliphatic heterocycles. The standard InChI is InChI=1S/C23H17BrFNO3/c24-16-9-7-15(8-10-16)21-20(23(28)29)18-3-1-2-4-19(18)22(27)26(21)13-14-5-11-17(25)12-6-14/h1-12,20-21H,13H2,(H,28,29). The summed E-state index contributed by atoms with van der Waals surface area (Å²) in [4.78, 5) is 27.2. The lowest BCUT2D eigenvalue weighted by Crippen LogP contribution is -2.44. The van der Waals surface area contributed by atoms with Crippen LogP contribution >= 0.6 is 15.9 Å². The summed E-state index contributed by atoms with van der Waals surface area (Å²) in [7, 11) is 0. The van der Waals surface area contributed by atoms with Crippen molar-refractivity contribution < 1.29 is 19.1 Å². The van der Waals surface area contributed by atoms with Crippen LogP contribution in [0, 0.1) is 5.82 Å². The average molecular weight is 454 g/mol. The van der Waals surface area contributed by atoms with Crippen molar-refractivity contribution >= 4 is 27.8 Å². The summed E-state index contributed by atoms with van der Waals surface area (Å²) in [5.74, 6) is -2.51. The Morgan fingerprint density at radius 3 is 2.31 bits per heavy atom. The highest BCUT2D eigenvalue weighted by Gasteiger charge is 2.44. The number of benzene rings is 3. The number of fused-ring (bicyclic) bond motifs is 1. The van der Waals surface area contributed by atoms with E-state index in [1.54, 1.807) is 41.3 Å². The Morgan fingerprint density at radius 2 is 1.66 bits per heavy atom. The third-order valence-corrected chi connectivity index (χ3v) is 5.71. The molecule has 4 rings (SSSR count). The maximum absolute atomic E-state index is 13.4. The van der Waals surface area contributed by atoms with Gasteiger partial charge in [0.15, 0.2) is 0 Å². The van der Waals surface area contributed by atoms with Gasteiger partial charge < -0.3 is 10.0 Å². The van der Waals surface area contributed by atoms with E-state index >= 15 is 0 Å². The summed E-state index contributed by atoms with van der Waals surface area (Å²) in [6.45, 7) is 0.179. The molecule has 146 valence electrons. The van der Waals surface area contributed by atoms with E-state index in [4.69, 9.17) is 0 Å². The maximum atomic E-state index is 13.4. The molecular formula is C23H17BrFNO3. The first-order valence-electron chi connectivity index (χ1n) is 9.08. The number of hydrogen-bond donors (Lipinski definition) is 1. The largest absolute Gasteiger partial charge is 0.481 e. The first-order valence-corrected chi connectivity index (χ1v) is 9.87. The Kier molecular flexibility index (Phi) is 5.20. The highest BCUT2D eigenvalue weighted by molar-refractivity contribution is 9.10. The predicted octanol–water partition coefficient (Wildman–Crippen LogP) is 5.15. The molecule has 0 aromatic heterocycles. The van der Waals surface area contributed by atoms with Crippen LogP contribution in [0.4, 0.5) is 4.39 Å². The van der Waals surface area contributed by atoms with Gasteiger partial charge in [-0.1, -0.05) is 58.4 Å². The molecule has 0 spiro atoms. The number of nitrogens with zero attached hydrogens (tertiary/aromatic N) is 1. The van der Waals surface area contributed by atoms with Crippen molar-refractivity contribution in [3.05, 3.63) is 105 Å². The normalized spacial score (nSPS) is 18.4. The van der Waals surface area contributed by atoms with Crippen molar-refractivity contribution in [2.45, 2.75) is 18.5 Å². The molecule has 2 unspecified atom stereocenters. The van der Waals surface area contributed by atoms with E-state index in [1.165, 1.54) is 12.1 Å². The number of hydrogen-bond acceptors (Lipinski definition) is 2. The zero-order valence-electron chi connectivity index (χ0n) is 15.3. The topological polar surface area (TPSA) is 57.6 Å². The van der Waals surface area contributed by atoms with Crippen molar-refractivity contribution in [3.63, 3.8) is 0 Å². The summed E-state index contributed by atoms with van der Waals surface area (Å²) in [5.41, 5.74) is 2.35. The van der Waals surface area contributed by atoms with E-state index in [0.717, 1.165) is 15.6 Å². The van der Waals surface area contributed by atoms with Crippen LogP contribution in [0.3, 0.4) is 0 Å². The Morgan fingerprint density at radius 1 is 1.00 bits per heavy atom. The third-order valence-electron chi connectivity index (χ3n) is 5.18. The summed E-state index contributed by atoms with van der Waals surface area (Å²) in [5, 5.41) is 10.1. The fourth-order valence-electron chi connectivity index (χ4n) is 3.85. The molecule has 4 nitrogen and oxygen atoms in total. The molecule has 0 saturated heterocycles. The number of rotatable bonds is 4. The van der Waals surface area contributed by atoms with Crippen molar-refractivity contribution in [1.29, 1.82) is 0 Å². The van der Waals surface area contributed by atoms with E-state index in [2.05, 4.69) is 15.9 Å². The molecule has 1 N–H and O–H groups in total. The lowest BCUT2D eigenvalue weighted by molar-refractivity contribution is -0.140. The van der Waals surface area contributed by atoms with Gasteiger partial charge in [-0.25, -0.2) is 4.39 Å². The number of carbonyl (C=O) groups is 2. The van der Waals surface area contributed by atoms with Crippen LogP contribution in [-0.4, -0.2) is 21.9 Å². The average Bonchev–Trinajstić information content (AvgIpc) is 2.72. The molecule has 6 heteroatoms. The van der Waals surface area contributed by atoms with Crippen molar-refractivity contribution in [1.82, 2.24) is 4.90 Å². The minimum Gasteiger partial charge on any atom is -0.481 e. The minimum atomic E-state index is -0.998. The molecular weight excluding hydrogens is 437 g/mol. The van der Waals surface area contributed by atoms with E-state index in [0.29, 0.717) is 11.1 Å². The van der Waals surface area contributed by atoms with E-state index in [-0.39, 0.29) is 18.3 Å². The van der Waals surface area contributed by atoms with Gasteiger partial charge in [-0.05, 0) is 47.0 Å². The van der Waals surface area contributed by atoms with Gasteiger partial charge in [-0.15, -0.1) is 0 Å². The maximum Gasteiger partial charge on any atom is 0.313 e. The van der Waals surface area contributed by atoms with Gasteiger partial charge in [0.2, 0.25) is 0 Å². The van der Waals surface area contributed by atoms with Crippen LogP contribution in [0.15, 0.2) is 77.3 Å². The molecule has 0 fully saturated rings. The monoisotopic (exact) mass is 453 g/mol. The highest BCUT2D eigenvalue weighted by Crippen LogP contribution is 2.43. The van der Waals surface area contributed by atoms with Gasteiger partial charge in [0.25, 0.3) is 5.91 Å². The number of carbonyl (C=O) groups excluding carboxylic acids is 1. The van der Waals surface area contributed by atoms with E-state index < -0.39 is 17.9 Å². The minimum absolute atomic E-state index is 0.179. The SMILES string of the molecule is O=C(O)C1c2ccccc2C(=O)N(Cc2ccc(F)cc2)C1c1ccc(Br)cc1. The fourth-order valence-corrected chi connectivity index (χ4v) is 4.12. The summed E-state index contributed by atoms with van der Waals surface area (Å²) < 4.78 is 14.2. The van der Waals surface area contributed by atoms with Gasteiger partial charge in [0.05, 0.1) is 6.04 Å². The second-order valence-corrected chi connectivity index (χ2v) is 7.87. The Balaban J connectivity index is 1.87.